The van der Waals surface area contributed by atoms with Gasteiger partial charge in [-0.15, -0.1) is 0 Å². The summed E-state index contributed by atoms with van der Waals surface area (Å²) in [6.45, 7) is 3.79. The van der Waals surface area contributed by atoms with Crippen LogP contribution in [0.2, 0.25) is 0 Å². The van der Waals surface area contributed by atoms with Gasteiger partial charge >= 0.3 is 0 Å². The van der Waals surface area contributed by atoms with Crippen molar-refractivity contribution < 1.29 is 8.42 Å². The first-order chi connectivity index (χ1) is 9.99. The molecule has 0 atom stereocenters. The van der Waals surface area contributed by atoms with Gasteiger partial charge in [0.15, 0.2) is 0 Å². The van der Waals surface area contributed by atoms with Crippen LogP contribution in [-0.4, -0.2) is 18.6 Å². The minimum absolute atomic E-state index is 0.0667. The number of nitrogens with one attached hydrogen (secondary N) is 2. The molecular weight excluding hydrogens is 288 g/mol. The minimum atomic E-state index is -3.71. The molecule has 1 heterocycles. The number of H-pyrrole nitrogens is 1. The highest BCUT2D eigenvalue weighted by molar-refractivity contribution is 7.92. The Morgan fingerprint density at radius 3 is 2.71 bits per heavy atom. The van der Waals surface area contributed by atoms with Crippen LogP contribution >= 0.6 is 0 Å². The van der Waals surface area contributed by atoms with E-state index in [-0.39, 0.29) is 11.4 Å². The Balaban J connectivity index is 2.40. The van der Waals surface area contributed by atoms with E-state index < -0.39 is 10.0 Å². The van der Waals surface area contributed by atoms with Gasteiger partial charge in [0.2, 0.25) is 0 Å². The van der Waals surface area contributed by atoms with Crippen LogP contribution in [0.4, 0.5) is 5.69 Å². The van der Waals surface area contributed by atoms with E-state index in [9.17, 15) is 8.42 Å². The van der Waals surface area contributed by atoms with Crippen LogP contribution in [0.5, 0.6) is 0 Å². The maximum Gasteiger partial charge on any atom is 0.265 e. The SMILES string of the molecule is CCCc1ccccc1NS(=O)(=O)c1c(CN)n[nH]c1C. The fourth-order valence-electron chi connectivity index (χ4n) is 2.27. The number of sulfonamides is 1. The predicted molar refractivity (Wildman–Crippen MR) is 82.5 cm³/mol. The summed E-state index contributed by atoms with van der Waals surface area (Å²) in [6, 6.07) is 7.40. The summed E-state index contributed by atoms with van der Waals surface area (Å²) in [5.74, 6) is 0. The fourth-order valence-corrected chi connectivity index (χ4v) is 3.75. The summed E-state index contributed by atoms with van der Waals surface area (Å²) in [7, 11) is -3.71. The van der Waals surface area contributed by atoms with Crippen LogP contribution in [0.3, 0.4) is 0 Å². The van der Waals surface area contributed by atoms with Gasteiger partial charge in [-0.05, 0) is 25.0 Å². The molecule has 1 aromatic carbocycles. The lowest BCUT2D eigenvalue weighted by Crippen LogP contribution is -2.17. The number of para-hydroxylation sites is 1. The largest absolute Gasteiger partial charge is 0.325 e. The standard InChI is InChI=1S/C14H20N4O2S/c1-3-6-11-7-4-5-8-12(11)18-21(19,20)14-10(2)16-17-13(14)9-15/h4-5,7-8,18H,3,6,9,15H2,1-2H3,(H,16,17). The number of nitrogens with zero attached hydrogens (tertiary/aromatic N) is 1. The number of nitrogens with two attached hydrogens (primary N) is 1. The maximum atomic E-state index is 12.6. The lowest BCUT2D eigenvalue weighted by Gasteiger charge is -2.12. The Bertz CT molecular complexity index is 722. The quantitative estimate of drug-likeness (QED) is 0.759. The van der Waals surface area contributed by atoms with Crippen LogP contribution in [0.1, 0.15) is 30.3 Å². The molecule has 0 radical (unpaired) electrons. The Labute approximate surface area is 124 Å². The zero-order valence-corrected chi connectivity index (χ0v) is 13.0. The molecule has 0 aliphatic rings. The summed E-state index contributed by atoms with van der Waals surface area (Å²) >= 11 is 0. The zero-order chi connectivity index (χ0) is 15.5. The second kappa shape index (κ2) is 6.28. The van der Waals surface area contributed by atoms with Crippen molar-refractivity contribution in [2.45, 2.75) is 38.1 Å². The normalized spacial score (nSPS) is 11.6. The number of hydrogen-bond acceptors (Lipinski definition) is 4. The van der Waals surface area contributed by atoms with Gasteiger partial charge in [-0.25, -0.2) is 8.42 Å². The third-order valence-electron chi connectivity index (χ3n) is 3.20. The van der Waals surface area contributed by atoms with Crippen molar-refractivity contribution in [2.75, 3.05) is 4.72 Å². The molecule has 21 heavy (non-hydrogen) atoms. The van der Waals surface area contributed by atoms with E-state index in [0.29, 0.717) is 17.1 Å². The first-order valence-corrected chi connectivity index (χ1v) is 8.32. The molecule has 0 spiro atoms. The molecule has 114 valence electrons. The van der Waals surface area contributed by atoms with Crippen molar-refractivity contribution in [2.24, 2.45) is 5.73 Å². The monoisotopic (exact) mass is 308 g/mol. The van der Waals surface area contributed by atoms with Crippen molar-refractivity contribution in [3.8, 4) is 0 Å². The molecule has 0 saturated carbocycles. The highest BCUT2D eigenvalue weighted by atomic mass is 32.2. The van der Waals surface area contributed by atoms with Crippen molar-refractivity contribution in [1.82, 2.24) is 10.2 Å². The van der Waals surface area contributed by atoms with Gasteiger partial charge in [-0.3, -0.25) is 9.82 Å². The second-order valence-corrected chi connectivity index (χ2v) is 6.46. The first kappa shape index (κ1) is 15.5. The summed E-state index contributed by atoms with van der Waals surface area (Å²) in [5, 5.41) is 6.60. The van der Waals surface area contributed by atoms with Crippen LogP contribution in [0.25, 0.3) is 0 Å². The zero-order valence-electron chi connectivity index (χ0n) is 12.2. The lowest BCUT2D eigenvalue weighted by atomic mass is 10.1. The number of rotatable bonds is 6. The van der Waals surface area contributed by atoms with Crippen molar-refractivity contribution in [3.05, 3.63) is 41.2 Å². The van der Waals surface area contributed by atoms with Crippen molar-refractivity contribution >= 4 is 15.7 Å². The molecule has 0 aliphatic carbocycles. The Hall–Kier alpha value is -1.86. The van der Waals surface area contributed by atoms with E-state index in [1.165, 1.54) is 0 Å². The molecule has 2 rings (SSSR count). The average molecular weight is 308 g/mol. The highest BCUT2D eigenvalue weighted by Gasteiger charge is 2.24. The Morgan fingerprint density at radius 1 is 1.33 bits per heavy atom. The second-order valence-electron chi connectivity index (χ2n) is 4.84. The number of anilines is 1. The molecule has 4 N–H and O–H groups in total. The number of aromatic nitrogens is 2. The predicted octanol–water partition coefficient (Wildman–Crippen LogP) is 1.93. The molecular formula is C14H20N4O2S. The summed E-state index contributed by atoms with van der Waals surface area (Å²) in [4.78, 5) is 0.135. The molecule has 6 nitrogen and oxygen atoms in total. The van der Waals surface area contributed by atoms with Crippen LogP contribution in [0, 0.1) is 6.92 Å². The van der Waals surface area contributed by atoms with E-state index in [2.05, 4.69) is 21.8 Å². The van der Waals surface area contributed by atoms with Gasteiger partial charge in [0.05, 0.1) is 17.1 Å². The van der Waals surface area contributed by atoms with Crippen LogP contribution in [-0.2, 0) is 23.0 Å². The maximum absolute atomic E-state index is 12.6. The molecule has 7 heteroatoms. The van der Waals surface area contributed by atoms with E-state index in [1.807, 2.05) is 18.2 Å². The molecule has 0 bridgehead atoms. The van der Waals surface area contributed by atoms with Gasteiger partial charge in [0.1, 0.15) is 4.90 Å². The van der Waals surface area contributed by atoms with Gasteiger partial charge < -0.3 is 5.73 Å². The van der Waals surface area contributed by atoms with E-state index >= 15 is 0 Å². The third-order valence-corrected chi connectivity index (χ3v) is 4.77. The fraction of sp³-hybridized carbons (Fsp3) is 0.357. The topological polar surface area (TPSA) is 101 Å². The van der Waals surface area contributed by atoms with Gasteiger partial charge in [0.25, 0.3) is 10.0 Å². The molecule has 0 saturated heterocycles. The van der Waals surface area contributed by atoms with Crippen LogP contribution in [0.15, 0.2) is 29.2 Å². The summed E-state index contributed by atoms with van der Waals surface area (Å²) in [5.41, 5.74) is 7.95. The Kier molecular flexibility index (Phi) is 4.64. The molecule has 1 aromatic heterocycles. The lowest BCUT2D eigenvalue weighted by molar-refractivity contribution is 0.599. The molecule has 0 unspecified atom stereocenters. The number of hydrogen-bond donors (Lipinski definition) is 3. The average Bonchev–Trinajstić information content (AvgIpc) is 2.83. The van der Waals surface area contributed by atoms with Crippen molar-refractivity contribution in [1.29, 1.82) is 0 Å². The molecule has 2 aromatic rings. The molecule has 0 fully saturated rings. The van der Waals surface area contributed by atoms with Gasteiger partial charge in [-0.1, -0.05) is 31.5 Å². The smallest absolute Gasteiger partial charge is 0.265 e. The minimum Gasteiger partial charge on any atom is -0.325 e. The van der Waals surface area contributed by atoms with Gasteiger partial charge in [0, 0.05) is 6.54 Å². The van der Waals surface area contributed by atoms with E-state index in [4.69, 9.17) is 5.73 Å². The summed E-state index contributed by atoms with van der Waals surface area (Å²) in [6.07, 6.45) is 1.75. The third kappa shape index (κ3) is 3.25. The van der Waals surface area contributed by atoms with E-state index in [1.54, 1.807) is 13.0 Å². The van der Waals surface area contributed by atoms with E-state index in [0.717, 1.165) is 18.4 Å². The number of benzene rings is 1. The first-order valence-electron chi connectivity index (χ1n) is 6.84. The molecule has 0 aliphatic heterocycles. The van der Waals surface area contributed by atoms with Crippen molar-refractivity contribution in [3.63, 3.8) is 0 Å². The number of aromatic amines is 1. The summed E-state index contributed by atoms with van der Waals surface area (Å²) < 4.78 is 27.8. The highest BCUT2D eigenvalue weighted by Crippen LogP contribution is 2.24. The van der Waals surface area contributed by atoms with Gasteiger partial charge in [-0.2, -0.15) is 5.10 Å². The molecule has 0 amide bonds. The Morgan fingerprint density at radius 2 is 2.05 bits per heavy atom. The number of aryl methyl sites for hydroxylation is 2. The van der Waals surface area contributed by atoms with Crippen LogP contribution < -0.4 is 10.5 Å².